The van der Waals surface area contributed by atoms with Crippen molar-refractivity contribution in [2.24, 2.45) is 17.8 Å². The Balaban J connectivity index is 1.44. The van der Waals surface area contributed by atoms with Gasteiger partial charge in [0.15, 0.2) is 18.0 Å². The molecule has 0 spiro atoms. The molecule has 0 aliphatic carbocycles. The monoisotopic (exact) mass is 889 g/mol. The second kappa shape index (κ2) is 20.5. The molecule has 1 aromatic carbocycles. The van der Waals surface area contributed by atoms with E-state index in [1.165, 1.54) is 11.6 Å². The molecule has 3 aliphatic heterocycles. The number of aliphatic hydroxyl groups is 2. The largest absolute Gasteiger partial charge is 0.509 e. The van der Waals surface area contributed by atoms with Gasteiger partial charge in [-0.15, -0.1) is 5.10 Å². The van der Waals surface area contributed by atoms with E-state index in [2.05, 4.69) is 21.2 Å². The van der Waals surface area contributed by atoms with Gasteiger partial charge < -0.3 is 48.3 Å². The number of benzene rings is 1. The summed E-state index contributed by atoms with van der Waals surface area (Å²) in [6, 6.07) is 6.37. The lowest BCUT2D eigenvalue weighted by atomic mass is 9.77. The predicted octanol–water partition coefficient (Wildman–Crippen LogP) is 2.89. The normalized spacial score (nSPS) is 35.9. The van der Waals surface area contributed by atoms with Crippen molar-refractivity contribution in [1.82, 2.24) is 35.6 Å². The van der Waals surface area contributed by atoms with E-state index in [1.807, 2.05) is 51.7 Å². The van der Waals surface area contributed by atoms with Crippen LogP contribution in [-0.4, -0.2) is 160 Å². The van der Waals surface area contributed by atoms with E-state index in [9.17, 15) is 29.4 Å². The molecule has 4 heterocycles. The summed E-state index contributed by atoms with van der Waals surface area (Å²) in [5, 5.41) is 32.3. The van der Waals surface area contributed by atoms with E-state index in [0.717, 1.165) is 5.56 Å². The fourth-order valence-electron chi connectivity index (χ4n) is 9.27. The molecule has 20 heteroatoms. The van der Waals surface area contributed by atoms with E-state index >= 15 is 0 Å². The molecule has 4 N–H and O–H groups in total. The van der Waals surface area contributed by atoms with Crippen LogP contribution in [0.4, 0.5) is 9.59 Å². The summed E-state index contributed by atoms with van der Waals surface area (Å²) in [6.45, 7) is 14.0. The van der Waals surface area contributed by atoms with Crippen molar-refractivity contribution in [3.63, 3.8) is 0 Å². The average molecular weight is 890 g/mol. The summed E-state index contributed by atoms with van der Waals surface area (Å²) < 4.78 is 42.9. The Hall–Kier alpha value is -4.60. The van der Waals surface area contributed by atoms with Gasteiger partial charge in [-0.2, -0.15) is 0 Å². The molecular weight excluding hydrogens is 823 g/mol. The molecule has 0 unspecified atom stereocenters. The first-order chi connectivity index (χ1) is 29.6. The quantitative estimate of drug-likeness (QED) is 0.161. The summed E-state index contributed by atoms with van der Waals surface area (Å²) in [7, 11) is 7.12. The van der Waals surface area contributed by atoms with Crippen molar-refractivity contribution in [2.75, 3.05) is 34.8 Å². The third kappa shape index (κ3) is 11.6. The number of amides is 2. The third-order valence-electron chi connectivity index (χ3n) is 12.7. The minimum Gasteiger partial charge on any atom is -0.497 e. The summed E-state index contributed by atoms with van der Waals surface area (Å²) >= 11 is 0. The zero-order valence-corrected chi connectivity index (χ0v) is 38.5. The van der Waals surface area contributed by atoms with Gasteiger partial charge in [0, 0.05) is 30.1 Å². The van der Waals surface area contributed by atoms with Gasteiger partial charge in [-0.1, -0.05) is 26.0 Å². The number of hydrogen-bond acceptors (Lipinski definition) is 17. The van der Waals surface area contributed by atoms with Crippen molar-refractivity contribution >= 4 is 24.1 Å². The second-order valence-electron chi connectivity index (χ2n) is 18.1. The lowest BCUT2D eigenvalue weighted by Crippen LogP contribution is -2.59. The average Bonchev–Trinajstić information content (AvgIpc) is 3.82. The summed E-state index contributed by atoms with van der Waals surface area (Å²) in [4.78, 5) is 57.7. The molecule has 352 valence electrons. The van der Waals surface area contributed by atoms with Crippen LogP contribution in [0.3, 0.4) is 0 Å². The Morgan fingerprint density at radius 3 is 2.37 bits per heavy atom. The summed E-state index contributed by atoms with van der Waals surface area (Å²) in [6.07, 6.45) is -6.69. The number of esters is 1. The van der Waals surface area contributed by atoms with Crippen molar-refractivity contribution in [3.8, 4) is 17.0 Å². The Kier molecular flexibility index (Phi) is 16.1. The van der Waals surface area contributed by atoms with Gasteiger partial charge in [0.1, 0.15) is 36.3 Å². The number of nitrogens with zero attached hydrogens (tertiary/aromatic N) is 5. The van der Waals surface area contributed by atoms with E-state index in [-0.39, 0.29) is 37.5 Å². The smallest absolute Gasteiger partial charge is 0.497 e. The number of rotatable bonds is 9. The maximum Gasteiger partial charge on any atom is 0.509 e. The predicted molar refractivity (Wildman–Crippen MR) is 226 cm³/mol. The Morgan fingerprint density at radius 2 is 1.73 bits per heavy atom. The first-order valence-corrected chi connectivity index (χ1v) is 21.6. The standard InChI is InChI=1S/C43H67N7O13/c1-13-32-43(8)37(62-41(55)63-43)27(6)49(11)20-23(2)19-42(7,56)36(61-39-34(52)31(48(9)10)18-24(3)58-39)25(4)35(26(5)38(53)59-32)60-40(54)46-45-33(51)22-50-21-30(44-47-50)28-14-16-29(57-12)17-15-28/h14-17,21,23-27,31-32,34-37,39,52,56H,13,18-20,22H2,1-12H3,(H,45,51)(H,46,54)/t23-,24-,25+,26-,27-,31+,32-,34-,35+,36-,37-,39+,42-,43-/m1/s1. The lowest BCUT2D eigenvalue weighted by Gasteiger charge is -2.47. The molecule has 0 saturated carbocycles. The molecule has 63 heavy (non-hydrogen) atoms. The maximum absolute atomic E-state index is 14.4. The van der Waals surface area contributed by atoms with Crippen LogP contribution in [0.5, 0.6) is 5.75 Å². The molecule has 3 fully saturated rings. The van der Waals surface area contributed by atoms with Crippen LogP contribution >= 0.6 is 0 Å². The van der Waals surface area contributed by atoms with Crippen molar-refractivity contribution in [1.29, 1.82) is 0 Å². The lowest BCUT2D eigenvalue weighted by molar-refractivity contribution is -0.299. The van der Waals surface area contributed by atoms with Gasteiger partial charge in [-0.25, -0.2) is 19.7 Å². The van der Waals surface area contributed by atoms with Gasteiger partial charge >= 0.3 is 18.2 Å². The van der Waals surface area contributed by atoms with Gasteiger partial charge in [-0.05, 0) is 105 Å². The summed E-state index contributed by atoms with van der Waals surface area (Å²) in [5.74, 6) is -3.26. The topological polar surface area (TPSA) is 235 Å². The number of carbonyl (C=O) groups is 4. The third-order valence-corrected chi connectivity index (χ3v) is 12.7. The zero-order chi connectivity index (χ0) is 46.6. The second-order valence-corrected chi connectivity index (χ2v) is 18.1. The molecular formula is C43H67N7O13. The fraction of sp³-hybridized carbons (Fsp3) is 0.721. The molecule has 2 aromatic rings. The molecule has 2 amide bonds. The van der Waals surface area contributed by atoms with Gasteiger partial charge in [-0.3, -0.25) is 19.9 Å². The zero-order valence-electron chi connectivity index (χ0n) is 38.5. The van der Waals surface area contributed by atoms with Gasteiger partial charge in [0.25, 0.3) is 5.91 Å². The van der Waals surface area contributed by atoms with E-state index in [1.54, 1.807) is 65.3 Å². The van der Waals surface area contributed by atoms with E-state index in [0.29, 0.717) is 24.4 Å². The van der Waals surface area contributed by atoms with Crippen LogP contribution in [0.2, 0.25) is 0 Å². The SMILES string of the molecule is CC[C@H]1OC(=O)[C@H](C)[C@@H](OC(=O)NNC(=O)Cn2cc(-c3ccc(OC)cc3)nn2)[C@H](C)[C@@H](O[C@@H]2O[C@H](C)C[C@H](N(C)C)[C@H]2O)[C@](C)(O)C[C@@H](C)CN(C)[C@H](C)[C@H]2OC(=O)O[C@@]21C. The molecule has 20 nitrogen and oxygen atoms in total. The molecule has 3 aliphatic rings. The van der Waals surface area contributed by atoms with Crippen LogP contribution < -0.4 is 15.6 Å². The maximum atomic E-state index is 14.4. The first-order valence-electron chi connectivity index (χ1n) is 21.6. The fourth-order valence-corrected chi connectivity index (χ4v) is 9.27. The minimum absolute atomic E-state index is 0.140. The first kappa shape index (κ1) is 49.4. The number of aromatic nitrogens is 3. The van der Waals surface area contributed by atoms with Crippen molar-refractivity contribution in [3.05, 3.63) is 30.5 Å². The van der Waals surface area contributed by atoms with Crippen LogP contribution in [0, 0.1) is 17.8 Å². The molecule has 0 bridgehead atoms. The number of hydrogen-bond donors (Lipinski definition) is 4. The molecule has 0 radical (unpaired) electrons. The molecule has 5 rings (SSSR count). The Morgan fingerprint density at radius 1 is 1.05 bits per heavy atom. The van der Waals surface area contributed by atoms with Gasteiger partial charge in [0.2, 0.25) is 0 Å². The van der Waals surface area contributed by atoms with E-state index < -0.39 is 90.0 Å². The van der Waals surface area contributed by atoms with Crippen LogP contribution in [0.1, 0.15) is 74.7 Å². The van der Waals surface area contributed by atoms with Crippen LogP contribution in [0.25, 0.3) is 11.3 Å². The number of cyclic esters (lactones) is 1. The highest BCUT2D eigenvalue weighted by Crippen LogP contribution is 2.40. The van der Waals surface area contributed by atoms with Crippen molar-refractivity contribution in [2.45, 2.75) is 147 Å². The highest BCUT2D eigenvalue weighted by atomic mass is 16.8. The van der Waals surface area contributed by atoms with Crippen molar-refractivity contribution < 1.29 is 62.5 Å². The number of carbonyl (C=O) groups excluding carboxylic acids is 4. The number of ether oxygens (including phenoxy) is 7. The Bertz CT molecular complexity index is 1880. The number of nitrogens with one attached hydrogen (secondary N) is 2. The van der Waals surface area contributed by atoms with E-state index in [4.69, 9.17) is 33.2 Å². The highest BCUT2D eigenvalue weighted by molar-refractivity contribution is 5.79. The molecule has 3 saturated heterocycles. The number of fused-ring (bicyclic) bond motifs is 1. The number of methoxy groups -OCH3 is 1. The number of hydrazine groups is 1. The van der Waals surface area contributed by atoms with Gasteiger partial charge in [0.05, 0.1) is 37.0 Å². The van der Waals surface area contributed by atoms with Crippen LogP contribution in [0.15, 0.2) is 30.5 Å². The minimum atomic E-state index is -1.69. The number of likely N-dealkylation sites (N-methyl/N-ethyl adjacent to an activating group) is 2. The summed E-state index contributed by atoms with van der Waals surface area (Å²) in [5.41, 5.74) is 2.73. The molecule has 1 aromatic heterocycles. The number of aliphatic hydroxyl groups excluding tert-OH is 1. The molecule has 14 atom stereocenters. The Labute approximate surface area is 369 Å². The van der Waals surface area contributed by atoms with Crippen LogP contribution in [-0.2, 0) is 44.6 Å². The highest BCUT2D eigenvalue weighted by Gasteiger charge is 2.58.